The summed E-state index contributed by atoms with van der Waals surface area (Å²) in [4.78, 5) is 40.6. The number of methoxy groups -OCH3 is 1. The summed E-state index contributed by atoms with van der Waals surface area (Å²) in [6, 6.07) is 10.5. The fourth-order valence-electron chi connectivity index (χ4n) is 5.56. The van der Waals surface area contributed by atoms with Gasteiger partial charge in [-0.2, -0.15) is 13.2 Å². The van der Waals surface area contributed by atoms with E-state index in [1.807, 2.05) is 0 Å². The molecule has 2 heterocycles. The first-order valence-corrected chi connectivity index (χ1v) is 14.9. The van der Waals surface area contributed by atoms with E-state index in [-0.39, 0.29) is 35.6 Å². The molecule has 1 aliphatic heterocycles. The standard InChI is InChI=1S/C33H31F6N3O6/c1-46-30-12-21(4-7-28(30)47-18-20-2-5-22(6-3-20)33(37,38)39)17-41-31(44)25-13-29(48-24(15-34)16-35)26(36)14-27(25)42(32(41)45)23-8-10-40(19-43)11-9-23/h2-7,12-14,19,23-24H,8-11,15-18H2,1H3. The molecule has 0 unspecified atom stereocenters. The number of ether oxygens (including phenoxy) is 3. The van der Waals surface area contributed by atoms with Crippen LogP contribution in [0.2, 0.25) is 0 Å². The van der Waals surface area contributed by atoms with Crippen LogP contribution in [0.15, 0.2) is 64.2 Å². The van der Waals surface area contributed by atoms with Gasteiger partial charge >= 0.3 is 11.9 Å². The number of halogens is 6. The SMILES string of the molecule is COc1cc(Cn2c(=O)c3cc(OC(CF)CF)c(F)cc3n(C3CCN(C=O)CC3)c2=O)ccc1OCc1ccc(C(F)(F)F)cc1. The number of piperidine rings is 1. The molecule has 1 aromatic heterocycles. The zero-order valence-corrected chi connectivity index (χ0v) is 25.6. The molecule has 3 aromatic carbocycles. The van der Waals surface area contributed by atoms with E-state index in [1.165, 1.54) is 40.8 Å². The van der Waals surface area contributed by atoms with Gasteiger partial charge in [-0.25, -0.2) is 18.0 Å². The molecule has 0 atom stereocenters. The molecule has 15 heteroatoms. The Morgan fingerprint density at radius 2 is 1.58 bits per heavy atom. The number of hydrogen-bond donors (Lipinski definition) is 0. The number of rotatable bonds is 12. The van der Waals surface area contributed by atoms with Gasteiger partial charge in [-0.3, -0.25) is 18.7 Å². The molecule has 0 aliphatic carbocycles. The highest BCUT2D eigenvalue weighted by atomic mass is 19.4. The fraction of sp³-hybridized carbons (Fsp3) is 0.364. The number of benzene rings is 3. The Balaban J connectivity index is 1.50. The number of alkyl halides is 5. The van der Waals surface area contributed by atoms with Crippen molar-refractivity contribution in [3.63, 3.8) is 0 Å². The number of hydrogen-bond acceptors (Lipinski definition) is 6. The number of fused-ring (bicyclic) bond motifs is 1. The number of nitrogens with zero attached hydrogens (tertiary/aromatic N) is 3. The molecule has 1 saturated heterocycles. The summed E-state index contributed by atoms with van der Waals surface area (Å²) in [5.74, 6) is -1.10. The number of carbonyl (C=O) groups is 1. The summed E-state index contributed by atoms with van der Waals surface area (Å²) in [5, 5.41) is -0.122. The van der Waals surface area contributed by atoms with E-state index in [2.05, 4.69) is 0 Å². The van der Waals surface area contributed by atoms with Gasteiger partial charge in [-0.1, -0.05) is 18.2 Å². The van der Waals surface area contributed by atoms with Crippen LogP contribution in [0.25, 0.3) is 10.9 Å². The molecule has 0 radical (unpaired) electrons. The lowest BCUT2D eigenvalue weighted by atomic mass is 10.0. The van der Waals surface area contributed by atoms with E-state index >= 15 is 4.39 Å². The number of likely N-dealkylation sites (tertiary alicyclic amines) is 1. The third-order valence-corrected chi connectivity index (χ3v) is 8.12. The summed E-state index contributed by atoms with van der Waals surface area (Å²) in [6.45, 7) is -2.16. The number of aromatic nitrogens is 2. The summed E-state index contributed by atoms with van der Waals surface area (Å²) < 4.78 is 98.8. The average Bonchev–Trinajstić information content (AvgIpc) is 3.08. The summed E-state index contributed by atoms with van der Waals surface area (Å²) >= 11 is 0. The van der Waals surface area contributed by atoms with Crippen LogP contribution in [0.3, 0.4) is 0 Å². The fourth-order valence-corrected chi connectivity index (χ4v) is 5.56. The van der Waals surface area contributed by atoms with Gasteiger partial charge in [0, 0.05) is 25.2 Å². The highest BCUT2D eigenvalue weighted by Gasteiger charge is 2.30. The summed E-state index contributed by atoms with van der Waals surface area (Å²) in [6.07, 6.45) is -4.68. The third kappa shape index (κ3) is 7.29. The van der Waals surface area contributed by atoms with E-state index in [0.29, 0.717) is 43.5 Å². The number of carbonyl (C=O) groups excluding carboxylic acids is 1. The second-order valence-electron chi connectivity index (χ2n) is 11.2. The van der Waals surface area contributed by atoms with Crippen LogP contribution in [0.4, 0.5) is 26.3 Å². The first kappa shape index (κ1) is 34.4. The second kappa shape index (κ2) is 14.4. The summed E-state index contributed by atoms with van der Waals surface area (Å²) in [5.41, 5.74) is -1.46. The van der Waals surface area contributed by atoms with Gasteiger partial charge in [0.25, 0.3) is 5.56 Å². The monoisotopic (exact) mass is 679 g/mol. The predicted molar refractivity (Wildman–Crippen MR) is 163 cm³/mol. The Morgan fingerprint density at radius 3 is 2.19 bits per heavy atom. The minimum Gasteiger partial charge on any atom is -0.493 e. The van der Waals surface area contributed by atoms with Gasteiger partial charge in [0.2, 0.25) is 6.41 Å². The van der Waals surface area contributed by atoms with E-state index in [0.717, 1.165) is 28.8 Å². The highest BCUT2D eigenvalue weighted by molar-refractivity contribution is 5.80. The van der Waals surface area contributed by atoms with E-state index in [4.69, 9.17) is 14.2 Å². The smallest absolute Gasteiger partial charge is 0.416 e. The van der Waals surface area contributed by atoms with Crippen molar-refractivity contribution in [3.05, 3.63) is 97.9 Å². The van der Waals surface area contributed by atoms with Crippen LogP contribution in [0.1, 0.15) is 35.6 Å². The minimum atomic E-state index is -4.47. The van der Waals surface area contributed by atoms with Gasteiger partial charge in [0.15, 0.2) is 29.2 Å². The van der Waals surface area contributed by atoms with Crippen molar-refractivity contribution in [1.29, 1.82) is 0 Å². The zero-order chi connectivity index (χ0) is 34.6. The van der Waals surface area contributed by atoms with Crippen LogP contribution in [-0.2, 0) is 24.1 Å². The van der Waals surface area contributed by atoms with Gasteiger partial charge in [0.05, 0.1) is 30.1 Å². The van der Waals surface area contributed by atoms with Gasteiger partial charge in [-0.15, -0.1) is 0 Å². The maximum atomic E-state index is 15.2. The lowest BCUT2D eigenvalue weighted by Crippen LogP contribution is -2.44. The van der Waals surface area contributed by atoms with Crippen LogP contribution in [0, 0.1) is 5.82 Å². The predicted octanol–water partition coefficient (Wildman–Crippen LogP) is 5.44. The quantitative estimate of drug-likeness (QED) is 0.147. The topological polar surface area (TPSA) is 92.0 Å². The van der Waals surface area contributed by atoms with Crippen LogP contribution >= 0.6 is 0 Å². The molecule has 9 nitrogen and oxygen atoms in total. The molecule has 1 amide bonds. The van der Waals surface area contributed by atoms with Crippen LogP contribution < -0.4 is 25.5 Å². The molecular weight excluding hydrogens is 648 g/mol. The first-order valence-electron chi connectivity index (χ1n) is 14.9. The van der Waals surface area contributed by atoms with Crippen LogP contribution in [0.5, 0.6) is 17.2 Å². The van der Waals surface area contributed by atoms with Crippen molar-refractivity contribution in [1.82, 2.24) is 14.0 Å². The van der Waals surface area contributed by atoms with Gasteiger partial charge in [0.1, 0.15) is 20.0 Å². The maximum Gasteiger partial charge on any atom is 0.416 e. The molecule has 4 aromatic rings. The highest BCUT2D eigenvalue weighted by Crippen LogP contribution is 2.32. The molecule has 0 N–H and O–H groups in total. The second-order valence-corrected chi connectivity index (χ2v) is 11.2. The van der Waals surface area contributed by atoms with E-state index in [1.54, 1.807) is 6.07 Å². The Kier molecular flexibility index (Phi) is 10.3. The lowest BCUT2D eigenvalue weighted by Gasteiger charge is -2.31. The zero-order valence-electron chi connectivity index (χ0n) is 25.6. The molecule has 0 bridgehead atoms. The Bertz CT molecular complexity index is 1880. The Hall–Kier alpha value is -4.95. The molecule has 48 heavy (non-hydrogen) atoms. The number of amides is 1. The minimum absolute atomic E-state index is 0.0303. The van der Waals surface area contributed by atoms with Gasteiger partial charge < -0.3 is 19.1 Å². The third-order valence-electron chi connectivity index (χ3n) is 8.12. The molecule has 0 spiro atoms. The normalized spacial score (nSPS) is 14.0. The maximum absolute atomic E-state index is 15.2. The average molecular weight is 680 g/mol. The molecule has 1 aliphatic rings. The molecule has 5 rings (SSSR count). The van der Waals surface area contributed by atoms with Crippen molar-refractivity contribution < 1.29 is 45.3 Å². The Labute approximate surface area is 269 Å². The molecule has 1 fully saturated rings. The van der Waals surface area contributed by atoms with Gasteiger partial charge in [-0.05, 0) is 54.3 Å². The van der Waals surface area contributed by atoms with Crippen molar-refractivity contribution in [2.45, 2.75) is 44.3 Å². The lowest BCUT2D eigenvalue weighted by molar-refractivity contribution is -0.137. The molecule has 256 valence electrons. The van der Waals surface area contributed by atoms with E-state index < -0.39 is 60.1 Å². The van der Waals surface area contributed by atoms with Crippen molar-refractivity contribution in [3.8, 4) is 17.2 Å². The van der Waals surface area contributed by atoms with Crippen molar-refractivity contribution in [2.24, 2.45) is 0 Å². The first-order chi connectivity index (χ1) is 23.0. The molecule has 0 saturated carbocycles. The van der Waals surface area contributed by atoms with Crippen LogP contribution in [-0.4, -0.2) is 60.1 Å². The Morgan fingerprint density at radius 1 is 0.917 bits per heavy atom. The van der Waals surface area contributed by atoms with E-state index in [9.17, 15) is 36.3 Å². The van der Waals surface area contributed by atoms with Crippen molar-refractivity contribution >= 4 is 17.3 Å². The molecular formula is C33H31F6N3O6. The largest absolute Gasteiger partial charge is 0.493 e. The van der Waals surface area contributed by atoms with Crippen molar-refractivity contribution in [2.75, 3.05) is 33.5 Å². The summed E-state index contributed by atoms with van der Waals surface area (Å²) in [7, 11) is 1.36.